The normalized spacial score (nSPS) is 37.5. The zero-order valence-electron chi connectivity index (χ0n) is 13.4. The zero-order chi connectivity index (χ0) is 14.1. The van der Waals surface area contributed by atoms with Gasteiger partial charge in [-0.3, -0.25) is 4.90 Å². The maximum absolute atomic E-state index is 6.44. The van der Waals surface area contributed by atoms with Gasteiger partial charge in [0.25, 0.3) is 0 Å². The van der Waals surface area contributed by atoms with Gasteiger partial charge in [-0.1, -0.05) is 13.8 Å². The van der Waals surface area contributed by atoms with Gasteiger partial charge < -0.3 is 10.6 Å². The average Bonchev–Trinajstić information content (AvgIpc) is 3.24. The smallest absolute Gasteiger partial charge is 0.0251 e. The number of rotatable bonds is 4. The Morgan fingerprint density at radius 1 is 1.00 bits per heavy atom. The third-order valence-electron chi connectivity index (χ3n) is 5.94. The van der Waals surface area contributed by atoms with E-state index in [1.807, 2.05) is 0 Å². The molecule has 20 heavy (non-hydrogen) atoms. The zero-order valence-corrected chi connectivity index (χ0v) is 13.4. The first-order chi connectivity index (χ1) is 9.63. The minimum absolute atomic E-state index is 0.417. The third kappa shape index (κ3) is 3.55. The summed E-state index contributed by atoms with van der Waals surface area (Å²) < 4.78 is 0. The molecule has 3 aliphatic rings. The lowest BCUT2D eigenvalue weighted by Crippen LogP contribution is -2.57. The molecule has 3 unspecified atom stereocenters. The molecular weight excluding hydrogens is 246 g/mol. The second-order valence-corrected chi connectivity index (χ2v) is 7.83. The highest BCUT2D eigenvalue weighted by atomic mass is 15.3. The van der Waals surface area contributed by atoms with Crippen molar-refractivity contribution in [3.63, 3.8) is 0 Å². The monoisotopic (exact) mass is 279 g/mol. The lowest BCUT2D eigenvalue weighted by atomic mass is 9.76. The molecule has 2 saturated carbocycles. The van der Waals surface area contributed by atoms with Gasteiger partial charge in [-0.15, -0.1) is 0 Å². The predicted molar refractivity (Wildman–Crippen MR) is 84.7 cm³/mol. The molecular formula is C17H33N3. The quantitative estimate of drug-likeness (QED) is 0.856. The van der Waals surface area contributed by atoms with Crippen molar-refractivity contribution in [3.8, 4) is 0 Å². The maximum atomic E-state index is 6.44. The van der Waals surface area contributed by atoms with Crippen LogP contribution in [0.3, 0.4) is 0 Å². The van der Waals surface area contributed by atoms with Crippen molar-refractivity contribution in [1.82, 2.24) is 9.80 Å². The van der Waals surface area contributed by atoms with Crippen LogP contribution in [-0.2, 0) is 0 Å². The molecule has 3 nitrogen and oxygen atoms in total. The number of nitrogens with two attached hydrogens (primary N) is 1. The predicted octanol–water partition coefficient (Wildman–Crippen LogP) is 2.17. The SMILES string of the molecule is CC(C)C1CCC(N)C(N2CCN(CC3CC3)CC2)C1. The van der Waals surface area contributed by atoms with E-state index in [1.54, 1.807) is 0 Å². The van der Waals surface area contributed by atoms with E-state index in [1.165, 1.54) is 64.8 Å². The van der Waals surface area contributed by atoms with E-state index >= 15 is 0 Å². The summed E-state index contributed by atoms with van der Waals surface area (Å²) in [6.45, 7) is 11.2. The summed E-state index contributed by atoms with van der Waals surface area (Å²) in [6, 6.07) is 1.07. The summed E-state index contributed by atoms with van der Waals surface area (Å²) in [4.78, 5) is 5.39. The van der Waals surface area contributed by atoms with E-state index in [9.17, 15) is 0 Å². The summed E-state index contributed by atoms with van der Waals surface area (Å²) in [5, 5.41) is 0. The summed E-state index contributed by atoms with van der Waals surface area (Å²) >= 11 is 0. The van der Waals surface area contributed by atoms with Crippen molar-refractivity contribution < 1.29 is 0 Å². The molecule has 0 radical (unpaired) electrons. The summed E-state index contributed by atoms with van der Waals surface area (Å²) in [6.07, 6.45) is 6.86. The Balaban J connectivity index is 1.50. The van der Waals surface area contributed by atoms with Gasteiger partial charge in [-0.25, -0.2) is 0 Å². The second-order valence-electron chi connectivity index (χ2n) is 7.83. The van der Waals surface area contributed by atoms with E-state index in [2.05, 4.69) is 23.6 Å². The van der Waals surface area contributed by atoms with Crippen LogP contribution < -0.4 is 5.73 Å². The molecule has 2 aliphatic carbocycles. The van der Waals surface area contributed by atoms with Crippen molar-refractivity contribution >= 4 is 0 Å². The lowest BCUT2D eigenvalue weighted by Gasteiger charge is -2.45. The summed E-state index contributed by atoms with van der Waals surface area (Å²) in [5.74, 6) is 2.74. The molecule has 1 saturated heterocycles. The molecule has 1 heterocycles. The van der Waals surface area contributed by atoms with E-state index in [0.29, 0.717) is 12.1 Å². The summed E-state index contributed by atoms with van der Waals surface area (Å²) in [5.41, 5.74) is 6.44. The second kappa shape index (κ2) is 6.33. The Kier molecular flexibility index (Phi) is 4.68. The van der Waals surface area contributed by atoms with Crippen LogP contribution in [0.1, 0.15) is 46.0 Å². The number of hydrogen-bond acceptors (Lipinski definition) is 3. The molecule has 0 aromatic rings. The molecule has 116 valence electrons. The van der Waals surface area contributed by atoms with Gasteiger partial charge in [0.2, 0.25) is 0 Å². The third-order valence-corrected chi connectivity index (χ3v) is 5.94. The molecule has 3 atom stereocenters. The molecule has 0 aromatic carbocycles. The van der Waals surface area contributed by atoms with Gasteiger partial charge in [0.1, 0.15) is 0 Å². The van der Waals surface area contributed by atoms with Crippen LogP contribution in [0.25, 0.3) is 0 Å². The van der Waals surface area contributed by atoms with Gasteiger partial charge in [-0.2, -0.15) is 0 Å². The largest absolute Gasteiger partial charge is 0.326 e. The maximum Gasteiger partial charge on any atom is 0.0251 e. The highest BCUT2D eigenvalue weighted by Gasteiger charge is 2.35. The van der Waals surface area contributed by atoms with E-state index < -0.39 is 0 Å². The van der Waals surface area contributed by atoms with Crippen LogP contribution >= 0.6 is 0 Å². The minimum atomic E-state index is 0.417. The molecule has 3 heteroatoms. The summed E-state index contributed by atoms with van der Waals surface area (Å²) in [7, 11) is 0. The molecule has 3 rings (SSSR count). The van der Waals surface area contributed by atoms with Gasteiger partial charge in [-0.05, 0) is 49.9 Å². The van der Waals surface area contributed by atoms with E-state index in [4.69, 9.17) is 5.73 Å². The number of nitrogens with zero attached hydrogens (tertiary/aromatic N) is 2. The Morgan fingerprint density at radius 3 is 2.30 bits per heavy atom. The molecule has 2 N–H and O–H groups in total. The fraction of sp³-hybridized carbons (Fsp3) is 1.00. The number of hydrogen-bond donors (Lipinski definition) is 1. The number of piperazine rings is 1. The van der Waals surface area contributed by atoms with Crippen LogP contribution in [0.4, 0.5) is 0 Å². The molecule has 0 spiro atoms. The van der Waals surface area contributed by atoms with Crippen molar-refractivity contribution in [2.24, 2.45) is 23.5 Å². The highest BCUT2D eigenvalue weighted by Crippen LogP contribution is 2.33. The van der Waals surface area contributed by atoms with Crippen molar-refractivity contribution in [2.45, 2.75) is 58.0 Å². The lowest BCUT2D eigenvalue weighted by molar-refractivity contribution is 0.0477. The Morgan fingerprint density at radius 2 is 1.70 bits per heavy atom. The van der Waals surface area contributed by atoms with Crippen LogP contribution in [-0.4, -0.2) is 54.6 Å². The molecule has 1 aliphatic heterocycles. The first kappa shape index (κ1) is 14.8. The molecule has 3 fully saturated rings. The minimum Gasteiger partial charge on any atom is -0.326 e. The fourth-order valence-corrected chi connectivity index (χ4v) is 4.17. The van der Waals surface area contributed by atoms with Crippen molar-refractivity contribution in [2.75, 3.05) is 32.7 Å². The average molecular weight is 279 g/mol. The Labute approximate surface area is 124 Å². The first-order valence-electron chi connectivity index (χ1n) is 8.85. The van der Waals surface area contributed by atoms with Crippen molar-refractivity contribution in [1.29, 1.82) is 0 Å². The van der Waals surface area contributed by atoms with Gasteiger partial charge >= 0.3 is 0 Å². The van der Waals surface area contributed by atoms with Crippen LogP contribution in [0, 0.1) is 17.8 Å². The first-order valence-corrected chi connectivity index (χ1v) is 8.85. The topological polar surface area (TPSA) is 32.5 Å². The highest BCUT2D eigenvalue weighted by molar-refractivity contribution is 4.92. The van der Waals surface area contributed by atoms with Gasteiger partial charge in [0.05, 0.1) is 0 Å². The van der Waals surface area contributed by atoms with E-state index in [-0.39, 0.29) is 0 Å². The Hall–Kier alpha value is -0.120. The van der Waals surface area contributed by atoms with Gasteiger partial charge in [0, 0.05) is 44.8 Å². The van der Waals surface area contributed by atoms with Crippen LogP contribution in [0.15, 0.2) is 0 Å². The molecule has 0 aromatic heterocycles. The van der Waals surface area contributed by atoms with Crippen molar-refractivity contribution in [3.05, 3.63) is 0 Å². The fourth-order valence-electron chi connectivity index (χ4n) is 4.17. The Bertz CT molecular complexity index is 305. The molecule has 0 bridgehead atoms. The van der Waals surface area contributed by atoms with E-state index in [0.717, 1.165) is 17.8 Å². The van der Waals surface area contributed by atoms with Gasteiger partial charge in [0.15, 0.2) is 0 Å². The standard InChI is InChI=1S/C17H33N3/c1-13(2)15-5-6-16(18)17(11-15)20-9-7-19(8-10-20)12-14-3-4-14/h13-17H,3-12,18H2,1-2H3. The van der Waals surface area contributed by atoms with Crippen LogP contribution in [0.5, 0.6) is 0 Å². The van der Waals surface area contributed by atoms with Crippen LogP contribution in [0.2, 0.25) is 0 Å². The molecule has 0 amide bonds.